The van der Waals surface area contributed by atoms with Crippen LogP contribution in [-0.2, 0) is 0 Å². The lowest BCUT2D eigenvalue weighted by atomic mass is 9.81. The fraction of sp³-hybridized carbons (Fsp3) is 0. The van der Waals surface area contributed by atoms with Gasteiger partial charge in [0.1, 0.15) is 16.9 Å². The highest BCUT2D eigenvalue weighted by Crippen LogP contribution is 2.48. The molecule has 16 aromatic carbocycles. The highest BCUT2D eigenvalue weighted by atomic mass is 127. The van der Waals surface area contributed by atoms with Gasteiger partial charge in [0.15, 0.2) is 3.77 Å². The Bertz CT molecular complexity index is 6350. The lowest BCUT2D eigenvalue weighted by Crippen LogP contribution is -2.29. The van der Waals surface area contributed by atoms with E-state index in [1.807, 2.05) is 60.7 Å². The van der Waals surface area contributed by atoms with Crippen molar-refractivity contribution in [1.82, 2.24) is 0 Å². The van der Waals surface area contributed by atoms with Crippen LogP contribution in [0.5, 0.6) is 0 Å². The van der Waals surface area contributed by atoms with Gasteiger partial charge in [-0.25, -0.2) is 0 Å². The van der Waals surface area contributed by atoms with E-state index in [0.29, 0.717) is 11.1 Å². The highest BCUT2D eigenvalue weighted by Gasteiger charge is 2.23. The molecule has 0 saturated carbocycles. The first-order valence-electron chi connectivity index (χ1n) is 37.1. The van der Waals surface area contributed by atoms with E-state index >= 15 is 0 Å². The second-order valence-corrected chi connectivity index (χ2v) is 24.7. The molecule has 4 nitrogen and oxygen atoms in total. The smallest absolute Gasteiger partial charge is 0.455 e. The molecule has 0 aliphatic carbocycles. The number of rotatable bonds is 10. The Hall–Kier alpha value is -11.6. The van der Waals surface area contributed by atoms with Crippen molar-refractivity contribution in [2.75, 3.05) is 0 Å². The molecule has 2 aromatic heterocycles. The molecule has 0 fully saturated rings. The van der Waals surface area contributed by atoms with Crippen LogP contribution in [0.2, 0.25) is 0 Å². The number of halogens is 1. The van der Waals surface area contributed by atoms with E-state index < -0.39 is 60.9 Å². The molecule has 0 unspecified atom stereocenters. The lowest BCUT2D eigenvalue weighted by Gasteiger charge is -2.18. The van der Waals surface area contributed by atoms with Gasteiger partial charge in [-0.2, -0.15) is 0 Å². The van der Waals surface area contributed by atoms with Crippen molar-refractivity contribution in [2.24, 2.45) is 0 Å². The zero-order valence-electron chi connectivity index (χ0n) is 62.5. The summed E-state index contributed by atoms with van der Waals surface area (Å²) in [6, 6.07) is 102. The first-order valence-corrected chi connectivity index (χ1v) is 33.2. The van der Waals surface area contributed by atoms with Crippen LogP contribution >= 0.6 is 22.6 Å². The highest BCUT2D eigenvalue weighted by molar-refractivity contribution is 14.1. The van der Waals surface area contributed by atoms with E-state index in [0.717, 1.165) is 69.8 Å². The maximum absolute atomic E-state index is 8.83. The third-order valence-corrected chi connectivity index (χ3v) is 18.7. The number of fused-ring (bicyclic) bond motifs is 6. The molecular weight excluding hydrogens is 1310 g/mol. The third-order valence-electron chi connectivity index (χ3n) is 18.0. The minimum absolute atomic E-state index is 0.0380. The van der Waals surface area contributed by atoms with Crippen molar-refractivity contribution in [3.8, 4) is 100 Å². The van der Waals surface area contributed by atoms with Gasteiger partial charge < -0.3 is 18.9 Å². The first kappa shape index (κ1) is 50.7. The maximum atomic E-state index is 8.83. The molecule has 0 amide bonds. The van der Waals surface area contributed by atoms with E-state index in [1.54, 1.807) is 0 Å². The van der Waals surface area contributed by atoms with Crippen molar-refractivity contribution in [3.05, 3.63) is 368 Å². The molecule has 6 heteroatoms. The van der Waals surface area contributed by atoms with Crippen LogP contribution < -0.4 is 5.46 Å². The van der Waals surface area contributed by atoms with Gasteiger partial charge in [0.2, 0.25) is 0 Å². The van der Waals surface area contributed by atoms with Gasteiger partial charge in [-0.3, -0.25) is 0 Å². The molecule has 0 spiro atoms. The largest absolute Gasteiger partial charge is 0.488 e. The molecule has 18 aromatic rings. The summed E-state index contributed by atoms with van der Waals surface area (Å²) in [6.07, 6.45) is 0. The summed E-state index contributed by atoms with van der Waals surface area (Å²) in [5.74, 6) is 0.244. The molecule has 18 rings (SSSR count). The summed E-state index contributed by atoms with van der Waals surface area (Å²) in [4.78, 5) is 0. The Balaban J connectivity index is 0.000000142. The summed E-state index contributed by atoms with van der Waals surface area (Å²) in [6.45, 7) is 0. The van der Waals surface area contributed by atoms with Gasteiger partial charge >= 0.3 is 7.12 Å². The Morgan fingerprint density at radius 1 is 0.245 bits per heavy atom. The molecule has 0 saturated heterocycles. The van der Waals surface area contributed by atoms with E-state index in [1.165, 1.54) is 76.8 Å². The molecule has 98 heavy (non-hydrogen) atoms. The van der Waals surface area contributed by atoms with Gasteiger partial charge in [-0.15, -0.1) is 0 Å². The van der Waals surface area contributed by atoms with Crippen LogP contribution in [0.25, 0.3) is 165 Å². The summed E-state index contributed by atoms with van der Waals surface area (Å²) >= 11 is 2.33. The summed E-state index contributed by atoms with van der Waals surface area (Å²) in [7, 11) is -2.07. The van der Waals surface area contributed by atoms with E-state index in [2.05, 4.69) is 265 Å². The van der Waals surface area contributed by atoms with E-state index in [-0.39, 0.29) is 23.4 Å². The van der Waals surface area contributed by atoms with E-state index in [9.17, 15) is 0 Å². The van der Waals surface area contributed by atoms with Crippen LogP contribution in [0, 0.1) is 3.77 Å². The van der Waals surface area contributed by atoms with Crippen LogP contribution in [0.1, 0.15) is 13.7 Å². The molecule has 0 atom stereocenters. The monoisotopic (exact) mass is 1380 g/mol. The van der Waals surface area contributed by atoms with Gasteiger partial charge in [-0.1, -0.05) is 339 Å². The normalized spacial score (nSPS) is 12.6. The van der Waals surface area contributed by atoms with Crippen LogP contribution in [-0.4, -0.2) is 17.2 Å². The summed E-state index contributed by atoms with van der Waals surface area (Å²) < 4.78 is 92.4. The van der Waals surface area contributed by atoms with Gasteiger partial charge in [-0.05, 0) is 151 Å². The Morgan fingerprint density at radius 2 is 0.520 bits per heavy atom. The van der Waals surface area contributed by atoms with Crippen molar-refractivity contribution < 1.29 is 32.6 Å². The summed E-state index contributed by atoms with van der Waals surface area (Å²) in [5.41, 5.74) is 18.7. The van der Waals surface area contributed by atoms with Crippen LogP contribution in [0.15, 0.2) is 373 Å². The topological polar surface area (TPSA) is 66.7 Å². The van der Waals surface area contributed by atoms with Crippen molar-refractivity contribution >= 4 is 100 Å². The standard InChI is InChI=1S/C46H30O.C40H25IO.C6H7BO2/c1-4-14-31(15-5-1)36-28-29-42-41(30-36)45(46(47-42)35-18-8-3-9-19-35)34-26-24-33(25-27-34)44-39-22-12-10-20-37(39)43(32-16-6-2-7-17-32)38-21-11-13-23-40(38)44;41-40-39(35-25-30(23-24-36(35)42-40)26-11-3-1-4-12-26)29-21-19-28(20-22-29)38-33-17-9-7-15-31(33)37(27-13-5-2-6-14-27)32-16-8-10-18-34(32)38;8-7(9)6-4-2-1-3-5-6/h1-30H;1-25H;1-5,8-9H/i3D,8D,9D,18D,19D;;1D,2D,3D,4D,5D. The Kier molecular flexibility index (Phi) is 14.1. The predicted molar refractivity (Wildman–Crippen MR) is 420 cm³/mol. The van der Waals surface area contributed by atoms with Gasteiger partial charge in [0, 0.05) is 50.1 Å². The van der Waals surface area contributed by atoms with Crippen molar-refractivity contribution in [2.45, 2.75) is 0 Å². The molecule has 464 valence electrons. The average Bonchev–Trinajstić information content (AvgIpc) is 0.996. The molecule has 2 N–H and O–H groups in total. The predicted octanol–water partition coefficient (Wildman–Crippen LogP) is 24.5. The second-order valence-electron chi connectivity index (χ2n) is 23.7. The van der Waals surface area contributed by atoms with Gasteiger partial charge in [0.25, 0.3) is 0 Å². The quantitative estimate of drug-likeness (QED) is 0.0813. The number of hydrogen-bond acceptors (Lipinski definition) is 4. The molecule has 2 heterocycles. The SMILES string of the molecule is Ic1oc2ccc(-c3ccccc3)cc2c1-c1ccc(-c2c3ccccc3c(-c3ccccc3)c3ccccc23)cc1.[2H]c1c([2H])c([2H])c(-c2oc3ccc(-c4ccccc4)cc3c2-c2ccc(-c3c4ccccc4c(-c4ccccc4)c4ccccc34)cc2)c([2H])c1[2H].[2H]c1c([2H])c([2H])c(B(O)O)c([2H])c1[2H]. The third kappa shape index (κ3) is 11.9. The van der Waals surface area contributed by atoms with Gasteiger partial charge in [0.05, 0.1) is 13.7 Å². The Morgan fingerprint density at radius 3 is 0.878 bits per heavy atom. The molecule has 0 aliphatic heterocycles. The fourth-order valence-electron chi connectivity index (χ4n) is 13.6. The maximum Gasteiger partial charge on any atom is 0.488 e. The van der Waals surface area contributed by atoms with Crippen molar-refractivity contribution in [3.63, 3.8) is 0 Å². The molecule has 0 bridgehead atoms. The Labute approximate surface area is 597 Å². The fourth-order valence-corrected chi connectivity index (χ4v) is 14.4. The van der Waals surface area contributed by atoms with Crippen molar-refractivity contribution in [1.29, 1.82) is 0 Å². The number of furan rings is 2. The van der Waals surface area contributed by atoms with Crippen LogP contribution in [0.3, 0.4) is 0 Å². The minimum Gasteiger partial charge on any atom is -0.455 e. The minimum atomic E-state index is -2.07. The first-order chi connectivity index (χ1) is 52.5. The average molecular weight is 1380 g/mol. The molecule has 0 aliphatic rings. The number of benzene rings is 16. The number of hydrogen-bond donors (Lipinski definition) is 2. The second kappa shape index (κ2) is 27.2. The zero-order valence-corrected chi connectivity index (χ0v) is 54.7. The zero-order chi connectivity index (χ0) is 74.6. The summed E-state index contributed by atoms with van der Waals surface area (Å²) in [5, 5.41) is 29.3. The molecule has 0 radical (unpaired) electrons. The van der Waals surface area contributed by atoms with Crippen LogP contribution in [0.4, 0.5) is 0 Å². The molecular formula is C92H62BIO4. The van der Waals surface area contributed by atoms with E-state index in [4.69, 9.17) is 32.6 Å². The lowest BCUT2D eigenvalue weighted by molar-refractivity contribution is 0.426.